The third kappa shape index (κ3) is 4.07. The van der Waals surface area contributed by atoms with Crippen molar-refractivity contribution in [2.45, 2.75) is 0 Å². The average molecular weight is 613 g/mol. The SMILES string of the molecule is c1ccc(-c2ccc3cc(-c4c5ccccc5c(-c5cc6sc7ccccc7c6c6ccccc56)c5ccccc45)ccc3c2)cc1. The second kappa shape index (κ2) is 10.4. The third-order valence-electron chi connectivity index (χ3n) is 9.82. The molecule has 0 bridgehead atoms. The second-order valence-corrected chi connectivity index (χ2v) is 13.5. The van der Waals surface area contributed by atoms with Gasteiger partial charge in [-0.2, -0.15) is 0 Å². The van der Waals surface area contributed by atoms with E-state index in [-0.39, 0.29) is 0 Å². The highest BCUT2D eigenvalue weighted by Gasteiger charge is 2.20. The van der Waals surface area contributed by atoms with Gasteiger partial charge >= 0.3 is 0 Å². The third-order valence-corrected chi connectivity index (χ3v) is 10.9. The van der Waals surface area contributed by atoms with Crippen molar-refractivity contribution in [3.63, 3.8) is 0 Å². The first-order chi connectivity index (χ1) is 23.3. The summed E-state index contributed by atoms with van der Waals surface area (Å²) in [5.74, 6) is 0. The fourth-order valence-electron chi connectivity index (χ4n) is 7.74. The lowest BCUT2D eigenvalue weighted by molar-refractivity contribution is 1.64. The molecule has 10 aromatic rings. The zero-order valence-electron chi connectivity index (χ0n) is 25.6. The van der Waals surface area contributed by atoms with Crippen LogP contribution in [0.1, 0.15) is 0 Å². The van der Waals surface area contributed by atoms with Gasteiger partial charge in [0, 0.05) is 20.2 Å². The predicted molar refractivity (Wildman–Crippen MR) is 206 cm³/mol. The van der Waals surface area contributed by atoms with E-state index in [1.807, 2.05) is 11.3 Å². The summed E-state index contributed by atoms with van der Waals surface area (Å²) < 4.78 is 2.67. The highest BCUT2D eigenvalue weighted by Crippen LogP contribution is 2.48. The molecule has 0 fully saturated rings. The van der Waals surface area contributed by atoms with Gasteiger partial charge in [-0.05, 0) is 101 Å². The maximum atomic E-state index is 2.45. The van der Waals surface area contributed by atoms with Crippen molar-refractivity contribution in [3.8, 4) is 33.4 Å². The van der Waals surface area contributed by atoms with Crippen LogP contribution in [0.5, 0.6) is 0 Å². The molecule has 9 aromatic carbocycles. The van der Waals surface area contributed by atoms with Gasteiger partial charge < -0.3 is 0 Å². The van der Waals surface area contributed by atoms with Crippen LogP contribution in [0.3, 0.4) is 0 Å². The Morgan fingerprint density at radius 1 is 0.298 bits per heavy atom. The maximum absolute atomic E-state index is 2.45. The van der Waals surface area contributed by atoms with Gasteiger partial charge in [0.1, 0.15) is 0 Å². The number of fused-ring (bicyclic) bond motifs is 8. The molecule has 0 N–H and O–H groups in total. The van der Waals surface area contributed by atoms with E-state index >= 15 is 0 Å². The molecule has 0 saturated heterocycles. The van der Waals surface area contributed by atoms with Crippen LogP contribution in [0, 0.1) is 0 Å². The van der Waals surface area contributed by atoms with E-state index in [9.17, 15) is 0 Å². The highest BCUT2D eigenvalue weighted by molar-refractivity contribution is 7.26. The molecule has 0 nitrogen and oxygen atoms in total. The molecule has 0 aliphatic carbocycles. The molecule has 0 saturated carbocycles. The largest absolute Gasteiger partial charge is 0.135 e. The van der Waals surface area contributed by atoms with Gasteiger partial charge in [0.2, 0.25) is 0 Å². The smallest absolute Gasteiger partial charge is 0.0368 e. The zero-order chi connectivity index (χ0) is 30.9. The van der Waals surface area contributed by atoms with Gasteiger partial charge in [-0.3, -0.25) is 0 Å². The van der Waals surface area contributed by atoms with Gasteiger partial charge in [0.05, 0.1) is 0 Å². The average Bonchev–Trinajstić information content (AvgIpc) is 3.52. The van der Waals surface area contributed by atoms with Crippen molar-refractivity contribution in [2.75, 3.05) is 0 Å². The number of hydrogen-bond acceptors (Lipinski definition) is 1. The Morgan fingerprint density at radius 3 is 1.49 bits per heavy atom. The maximum Gasteiger partial charge on any atom is 0.0368 e. The number of thiophene rings is 1. The van der Waals surface area contributed by atoms with Crippen LogP contribution in [-0.4, -0.2) is 0 Å². The van der Waals surface area contributed by atoms with Crippen LogP contribution < -0.4 is 0 Å². The lowest BCUT2D eigenvalue weighted by Gasteiger charge is -2.19. The van der Waals surface area contributed by atoms with E-state index in [0.717, 1.165) is 0 Å². The van der Waals surface area contributed by atoms with Gasteiger partial charge in [-0.15, -0.1) is 11.3 Å². The molecule has 0 atom stereocenters. The van der Waals surface area contributed by atoms with E-state index < -0.39 is 0 Å². The summed E-state index contributed by atoms with van der Waals surface area (Å²) in [6.07, 6.45) is 0. The summed E-state index contributed by atoms with van der Waals surface area (Å²) in [6.45, 7) is 0. The summed E-state index contributed by atoms with van der Waals surface area (Å²) in [5.41, 5.74) is 7.63. The second-order valence-electron chi connectivity index (χ2n) is 12.4. The first kappa shape index (κ1) is 26.5. The molecule has 10 rings (SSSR count). The van der Waals surface area contributed by atoms with E-state index in [1.54, 1.807) is 0 Å². The van der Waals surface area contributed by atoms with Crippen LogP contribution in [-0.2, 0) is 0 Å². The Kier molecular flexibility index (Phi) is 5.85. The molecule has 0 aliphatic heterocycles. The number of hydrogen-bond donors (Lipinski definition) is 0. The fourth-order valence-corrected chi connectivity index (χ4v) is 8.90. The van der Waals surface area contributed by atoms with Crippen LogP contribution in [0.25, 0.3) is 96.6 Å². The molecule has 0 spiro atoms. The Bertz CT molecular complexity index is 2780. The van der Waals surface area contributed by atoms with Gasteiger partial charge in [0.25, 0.3) is 0 Å². The normalized spacial score (nSPS) is 11.8. The predicted octanol–water partition coefficient (Wildman–Crippen LogP) is 13.7. The Labute approximate surface area is 276 Å². The van der Waals surface area contributed by atoms with Crippen molar-refractivity contribution in [3.05, 3.63) is 170 Å². The summed E-state index contributed by atoms with van der Waals surface area (Å²) in [4.78, 5) is 0. The summed E-state index contributed by atoms with van der Waals surface area (Å²) >= 11 is 1.90. The molecule has 218 valence electrons. The quantitative estimate of drug-likeness (QED) is 0.174. The van der Waals surface area contributed by atoms with Crippen LogP contribution in [0.15, 0.2) is 170 Å². The van der Waals surface area contributed by atoms with Crippen molar-refractivity contribution in [1.29, 1.82) is 0 Å². The Morgan fingerprint density at radius 2 is 0.809 bits per heavy atom. The summed E-state index contributed by atoms with van der Waals surface area (Å²) in [6, 6.07) is 62.7. The first-order valence-electron chi connectivity index (χ1n) is 16.2. The monoisotopic (exact) mass is 612 g/mol. The van der Waals surface area contributed by atoms with Crippen LogP contribution in [0.2, 0.25) is 0 Å². The minimum absolute atomic E-state index is 1.24. The van der Waals surface area contributed by atoms with E-state index in [0.29, 0.717) is 0 Å². The van der Waals surface area contributed by atoms with Gasteiger partial charge in [0.15, 0.2) is 0 Å². The van der Waals surface area contributed by atoms with Crippen molar-refractivity contribution >= 4 is 74.6 Å². The molecule has 1 heteroatoms. The molecule has 0 radical (unpaired) electrons. The van der Waals surface area contributed by atoms with Gasteiger partial charge in [-0.25, -0.2) is 0 Å². The lowest BCUT2D eigenvalue weighted by atomic mass is 9.84. The van der Waals surface area contributed by atoms with E-state index in [1.165, 1.54) is 96.6 Å². The minimum atomic E-state index is 1.24. The van der Waals surface area contributed by atoms with E-state index in [4.69, 9.17) is 0 Å². The molecule has 0 amide bonds. The lowest BCUT2D eigenvalue weighted by Crippen LogP contribution is -1.92. The summed E-state index contributed by atoms with van der Waals surface area (Å²) in [7, 11) is 0. The standard InChI is InChI=1S/C46H28S/c1-2-12-29(13-3-1)30-22-23-32-27-33(25-24-31(32)26-30)44-36-16-6-8-18-38(36)45(39-19-9-7-17-37(39)44)41-28-43-46(35-15-5-4-14-34(35)41)40-20-10-11-21-42(40)47-43/h1-28H. The molecular weight excluding hydrogens is 585 g/mol. The number of rotatable bonds is 3. The zero-order valence-corrected chi connectivity index (χ0v) is 26.4. The van der Waals surface area contributed by atoms with Crippen molar-refractivity contribution in [1.82, 2.24) is 0 Å². The fraction of sp³-hybridized carbons (Fsp3) is 0. The molecule has 0 aliphatic rings. The molecule has 0 unspecified atom stereocenters. The van der Waals surface area contributed by atoms with Crippen molar-refractivity contribution < 1.29 is 0 Å². The summed E-state index contributed by atoms with van der Waals surface area (Å²) in [5, 5.41) is 12.9. The Balaban J connectivity index is 1.26. The molecule has 1 heterocycles. The van der Waals surface area contributed by atoms with Crippen LogP contribution >= 0.6 is 11.3 Å². The molecule has 1 aromatic heterocycles. The minimum Gasteiger partial charge on any atom is -0.135 e. The molecular formula is C46H28S. The number of benzene rings is 9. The Hall–Kier alpha value is -5.76. The van der Waals surface area contributed by atoms with Crippen molar-refractivity contribution in [2.24, 2.45) is 0 Å². The van der Waals surface area contributed by atoms with Crippen LogP contribution in [0.4, 0.5) is 0 Å². The van der Waals surface area contributed by atoms with E-state index in [2.05, 4.69) is 170 Å². The topological polar surface area (TPSA) is 0 Å². The van der Waals surface area contributed by atoms with Gasteiger partial charge in [-0.1, -0.05) is 146 Å². The molecule has 47 heavy (non-hydrogen) atoms. The highest BCUT2D eigenvalue weighted by atomic mass is 32.1. The first-order valence-corrected chi connectivity index (χ1v) is 17.0.